The summed E-state index contributed by atoms with van der Waals surface area (Å²) in [5.74, 6) is 0.559. The van der Waals surface area contributed by atoms with Gasteiger partial charge in [-0.1, -0.05) is 48.5 Å². The van der Waals surface area contributed by atoms with E-state index in [1.54, 1.807) is 0 Å². The molecule has 2 N–H and O–H groups in total. The number of nitrogens with two attached hydrogens (primary N) is 1. The van der Waals surface area contributed by atoms with Gasteiger partial charge in [0.1, 0.15) is 0 Å². The molecule has 0 bridgehead atoms. The van der Waals surface area contributed by atoms with Gasteiger partial charge in [0.2, 0.25) is 0 Å². The van der Waals surface area contributed by atoms with E-state index in [0.717, 1.165) is 12.0 Å². The molecule has 2 aromatic rings. The number of hydrogen-bond acceptors (Lipinski definition) is 1. The predicted octanol–water partition coefficient (Wildman–Crippen LogP) is 3.72. The lowest BCUT2D eigenvalue weighted by Gasteiger charge is -2.04. The lowest BCUT2D eigenvalue weighted by molar-refractivity contribution is 0.991. The molecule has 1 aliphatic rings. The maximum absolute atomic E-state index is 6.93. The van der Waals surface area contributed by atoms with Gasteiger partial charge in [0.15, 0.2) is 5.69 Å². The fourth-order valence-electron chi connectivity index (χ4n) is 2.25. The Morgan fingerprint density at radius 2 is 1.44 bits per heavy atom. The smallest absolute Gasteiger partial charge is 0.187 e. The van der Waals surface area contributed by atoms with Gasteiger partial charge in [-0.15, -0.1) is 0 Å². The van der Waals surface area contributed by atoms with Gasteiger partial charge < -0.3 is 5.73 Å². The standard InChI is InChI=1S/C16H14N2/c1-18-14-8-6-12(7-9-14)11-2-4-13(5-3-11)15-10-16(15)17/h2-9,15-16H,10,17H2. The quantitative estimate of drug-likeness (QED) is 0.789. The number of benzene rings is 2. The molecule has 1 aliphatic carbocycles. The summed E-state index contributed by atoms with van der Waals surface area (Å²) in [6.07, 6.45) is 1.11. The first kappa shape index (κ1) is 11.0. The van der Waals surface area contributed by atoms with Gasteiger partial charge in [0.05, 0.1) is 6.57 Å². The Morgan fingerprint density at radius 1 is 0.944 bits per heavy atom. The summed E-state index contributed by atoms with van der Waals surface area (Å²) < 4.78 is 0. The first-order valence-electron chi connectivity index (χ1n) is 6.11. The second kappa shape index (κ2) is 4.29. The molecule has 2 heteroatoms. The van der Waals surface area contributed by atoms with Crippen molar-refractivity contribution in [2.24, 2.45) is 5.73 Å². The van der Waals surface area contributed by atoms with Crippen molar-refractivity contribution in [2.45, 2.75) is 18.4 Å². The van der Waals surface area contributed by atoms with Crippen LogP contribution in [0.25, 0.3) is 16.0 Å². The molecule has 0 spiro atoms. The second-order valence-electron chi connectivity index (χ2n) is 4.79. The minimum absolute atomic E-state index is 0.355. The molecule has 0 aliphatic heterocycles. The van der Waals surface area contributed by atoms with E-state index in [-0.39, 0.29) is 0 Å². The Hall–Kier alpha value is -2.11. The van der Waals surface area contributed by atoms with Crippen molar-refractivity contribution < 1.29 is 0 Å². The zero-order valence-electron chi connectivity index (χ0n) is 10.0. The average molecular weight is 234 g/mol. The first-order chi connectivity index (χ1) is 8.78. The summed E-state index contributed by atoms with van der Waals surface area (Å²) in [6.45, 7) is 6.93. The molecule has 2 nitrogen and oxygen atoms in total. The van der Waals surface area contributed by atoms with Gasteiger partial charge in [0.25, 0.3) is 0 Å². The SMILES string of the molecule is [C-]#[N+]c1ccc(-c2ccc(C3CC3N)cc2)cc1. The highest BCUT2D eigenvalue weighted by Crippen LogP contribution is 2.39. The minimum atomic E-state index is 0.355. The largest absolute Gasteiger partial charge is 0.327 e. The summed E-state index contributed by atoms with van der Waals surface area (Å²) in [4.78, 5) is 3.40. The average Bonchev–Trinajstić information content (AvgIpc) is 3.16. The van der Waals surface area contributed by atoms with Crippen LogP contribution >= 0.6 is 0 Å². The molecule has 2 unspecified atom stereocenters. The molecule has 1 saturated carbocycles. The fraction of sp³-hybridized carbons (Fsp3) is 0.188. The summed E-state index contributed by atoms with van der Waals surface area (Å²) in [5, 5.41) is 0. The van der Waals surface area contributed by atoms with Crippen LogP contribution in [-0.2, 0) is 0 Å². The summed E-state index contributed by atoms with van der Waals surface area (Å²) in [5.41, 5.74) is 10.2. The fourth-order valence-corrected chi connectivity index (χ4v) is 2.25. The van der Waals surface area contributed by atoms with Gasteiger partial charge in [-0.3, -0.25) is 0 Å². The van der Waals surface area contributed by atoms with E-state index >= 15 is 0 Å². The molecule has 3 rings (SSSR count). The molecule has 88 valence electrons. The molecular weight excluding hydrogens is 220 g/mol. The van der Waals surface area contributed by atoms with Gasteiger partial charge in [0, 0.05) is 12.0 Å². The van der Waals surface area contributed by atoms with Crippen LogP contribution in [0.2, 0.25) is 0 Å². The van der Waals surface area contributed by atoms with E-state index < -0.39 is 0 Å². The van der Waals surface area contributed by atoms with E-state index in [4.69, 9.17) is 12.3 Å². The summed E-state index contributed by atoms with van der Waals surface area (Å²) >= 11 is 0. The van der Waals surface area contributed by atoms with Crippen molar-refractivity contribution in [3.05, 3.63) is 65.5 Å². The van der Waals surface area contributed by atoms with Gasteiger partial charge in [-0.2, -0.15) is 0 Å². The third kappa shape index (κ3) is 2.01. The van der Waals surface area contributed by atoms with Crippen LogP contribution in [0.4, 0.5) is 5.69 Å². The Morgan fingerprint density at radius 3 is 1.89 bits per heavy atom. The zero-order valence-corrected chi connectivity index (χ0v) is 10.0. The minimum Gasteiger partial charge on any atom is -0.327 e. The summed E-state index contributed by atoms with van der Waals surface area (Å²) in [6, 6.07) is 16.6. The highest BCUT2D eigenvalue weighted by atomic mass is 14.7. The lowest BCUT2D eigenvalue weighted by atomic mass is 10.0. The van der Waals surface area contributed by atoms with Crippen molar-refractivity contribution in [1.82, 2.24) is 0 Å². The van der Waals surface area contributed by atoms with Gasteiger partial charge in [-0.05, 0) is 23.1 Å². The van der Waals surface area contributed by atoms with Gasteiger partial charge in [-0.25, -0.2) is 4.85 Å². The van der Waals surface area contributed by atoms with Crippen LogP contribution in [0.3, 0.4) is 0 Å². The molecule has 1 fully saturated rings. The number of rotatable bonds is 2. The van der Waals surface area contributed by atoms with E-state index in [0.29, 0.717) is 17.6 Å². The van der Waals surface area contributed by atoms with Crippen LogP contribution in [0.5, 0.6) is 0 Å². The third-order valence-corrected chi connectivity index (χ3v) is 3.51. The molecule has 0 radical (unpaired) electrons. The van der Waals surface area contributed by atoms with Crippen LogP contribution in [0.1, 0.15) is 17.9 Å². The van der Waals surface area contributed by atoms with Crippen molar-refractivity contribution in [3.63, 3.8) is 0 Å². The molecule has 2 atom stereocenters. The second-order valence-corrected chi connectivity index (χ2v) is 4.79. The van der Waals surface area contributed by atoms with Gasteiger partial charge >= 0.3 is 0 Å². The number of nitrogens with zero attached hydrogens (tertiary/aromatic N) is 1. The topological polar surface area (TPSA) is 30.4 Å². The van der Waals surface area contributed by atoms with Crippen molar-refractivity contribution >= 4 is 5.69 Å². The van der Waals surface area contributed by atoms with E-state index in [1.165, 1.54) is 11.1 Å². The molecule has 0 saturated heterocycles. The lowest BCUT2D eigenvalue weighted by Crippen LogP contribution is -2.00. The Kier molecular flexibility index (Phi) is 2.62. The molecule has 0 amide bonds. The Bertz CT molecular complexity index is 590. The predicted molar refractivity (Wildman–Crippen MR) is 73.5 cm³/mol. The summed E-state index contributed by atoms with van der Waals surface area (Å²) in [7, 11) is 0. The van der Waals surface area contributed by atoms with E-state index in [1.807, 2.05) is 24.3 Å². The highest BCUT2D eigenvalue weighted by Gasteiger charge is 2.34. The molecule has 18 heavy (non-hydrogen) atoms. The molecule has 0 aromatic heterocycles. The van der Waals surface area contributed by atoms with E-state index in [2.05, 4.69) is 29.1 Å². The van der Waals surface area contributed by atoms with Crippen molar-refractivity contribution in [1.29, 1.82) is 0 Å². The van der Waals surface area contributed by atoms with Crippen LogP contribution in [0, 0.1) is 6.57 Å². The normalized spacial score (nSPS) is 21.3. The first-order valence-corrected chi connectivity index (χ1v) is 6.11. The highest BCUT2D eigenvalue weighted by molar-refractivity contribution is 5.66. The maximum Gasteiger partial charge on any atom is 0.187 e. The number of hydrogen-bond donors (Lipinski definition) is 1. The van der Waals surface area contributed by atoms with Crippen molar-refractivity contribution in [2.75, 3.05) is 0 Å². The van der Waals surface area contributed by atoms with Crippen molar-refractivity contribution in [3.8, 4) is 11.1 Å². The Balaban J connectivity index is 1.85. The van der Waals surface area contributed by atoms with Crippen LogP contribution < -0.4 is 5.73 Å². The van der Waals surface area contributed by atoms with Crippen LogP contribution in [-0.4, -0.2) is 6.04 Å². The Labute approximate surface area is 107 Å². The third-order valence-electron chi connectivity index (χ3n) is 3.51. The molecular formula is C16H14N2. The maximum atomic E-state index is 6.93. The molecule has 2 aromatic carbocycles. The van der Waals surface area contributed by atoms with E-state index in [9.17, 15) is 0 Å². The zero-order chi connectivity index (χ0) is 12.5. The monoisotopic (exact) mass is 234 g/mol. The van der Waals surface area contributed by atoms with Crippen LogP contribution in [0.15, 0.2) is 48.5 Å². The molecule has 0 heterocycles.